The maximum absolute atomic E-state index is 11.6. The first-order valence-electron chi connectivity index (χ1n) is 10.9. The predicted octanol–water partition coefficient (Wildman–Crippen LogP) is -1.10. The van der Waals surface area contributed by atoms with Gasteiger partial charge >= 0.3 is 29.8 Å². The Morgan fingerprint density at radius 1 is 0.694 bits per heavy atom. The van der Waals surface area contributed by atoms with Crippen LogP contribution >= 0.6 is 0 Å². The summed E-state index contributed by atoms with van der Waals surface area (Å²) >= 11 is 0. The van der Waals surface area contributed by atoms with Crippen molar-refractivity contribution in [1.82, 2.24) is 14.7 Å². The molecule has 0 saturated carbocycles. The maximum atomic E-state index is 11.6. The summed E-state index contributed by atoms with van der Waals surface area (Å²) in [7, 11) is 0. The lowest BCUT2D eigenvalue weighted by Gasteiger charge is -2.36. The van der Waals surface area contributed by atoms with Crippen LogP contribution in [0.25, 0.3) is 0 Å². The summed E-state index contributed by atoms with van der Waals surface area (Å²) in [5.41, 5.74) is 6.90. The van der Waals surface area contributed by atoms with Gasteiger partial charge in [-0.25, -0.2) is 0 Å². The number of carboxylic acids is 5. The summed E-state index contributed by atoms with van der Waals surface area (Å²) in [5.74, 6) is -6.29. The molecule has 0 aliphatic carbocycles. The zero-order chi connectivity index (χ0) is 27.4. The first-order chi connectivity index (χ1) is 16.8. The highest BCUT2D eigenvalue weighted by molar-refractivity contribution is 5.73. The minimum absolute atomic E-state index is 0.0704. The smallest absolute Gasteiger partial charge is 0.317 e. The number of nitrogens with two attached hydrogens (primary N) is 1. The Kier molecular flexibility index (Phi) is 12.3. The minimum Gasteiger partial charge on any atom is -0.480 e. The topological polar surface area (TPSA) is 222 Å². The van der Waals surface area contributed by atoms with Gasteiger partial charge < -0.3 is 31.3 Å². The van der Waals surface area contributed by atoms with Crippen molar-refractivity contribution in [3.63, 3.8) is 0 Å². The average Bonchev–Trinajstić information content (AvgIpc) is 2.72. The van der Waals surface area contributed by atoms with E-state index in [1.165, 1.54) is 9.80 Å². The van der Waals surface area contributed by atoms with E-state index in [-0.39, 0.29) is 19.5 Å². The first-order valence-corrected chi connectivity index (χ1v) is 10.9. The lowest BCUT2D eigenvalue weighted by atomic mass is 10.0. The maximum Gasteiger partial charge on any atom is 0.317 e. The van der Waals surface area contributed by atoms with E-state index in [1.807, 2.05) is 0 Å². The zero-order valence-corrected chi connectivity index (χ0v) is 19.8. The number of nitrogen functional groups attached to an aromatic ring is 1. The van der Waals surface area contributed by atoms with Crippen LogP contribution in [-0.4, -0.2) is 128 Å². The highest BCUT2D eigenvalue weighted by atomic mass is 16.4. The van der Waals surface area contributed by atoms with Gasteiger partial charge in [-0.15, -0.1) is 0 Å². The predicted molar refractivity (Wildman–Crippen MR) is 126 cm³/mol. The molecule has 0 spiro atoms. The molecule has 0 bridgehead atoms. The van der Waals surface area contributed by atoms with E-state index in [4.69, 9.17) is 15.9 Å². The first kappa shape index (κ1) is 30.3. The Morgan fingerprint density at radius 3 is 1.53 bits per heavy atom. The van der Waals surface area contributed by atoms with Crippen molar-refractivity contribution in [3.8, 4) is 0 Å². The third kappa shape index (κ3) is 12.1. The third-order valence-electron chi connectivity index (χ3n) is 5.29. The van der Waals surface area contributed by atoms with Crippen molar-refractivity contribution < 1.29 is 49.5 Å². The van der Waals surface area contributed by atoms with E-state index in [9.17, 15) is 39.3 Å². The SMILES string of the molecule is C[C@H](CN(CC(=O)O)C[C@@H](Cc1ccc(N)cc1)N(CC(=O)O)CC(=O)O)N(CC(=O)O)CC(=O)O. The second-order valence-electron chi connectivity index (χ2n) is 8.42. The summed E-state index contributed by atoms with van der Waals surface area (Å²) < 4.78 is 0. The standard InChI is InChI=1S/C22H32N4O10/c1-14(25(10-19(29)30)11-20(31)32)7-24(9-18(27)28)8-17(6-15-2-4-16(23)5-3-15)26(12-21(33)34)13-22(35)36/h2-5,14,17H,6-13,23H2,1H3,(H,27,28)(H,29,30)(H,31,32)(H,33,34)(H,35,36)/t14-,17-/m1/s1. The Labute approximate surface area is 207 Å². The lowest BCUT2D eigenvalue weighted by Crippen LogP contribution is -2.53. The molecule has 14 heteroatoms. The Bertz CT molecular complexity index is 892. The second kappa shape index (κ2) is 14.6. The van der Waals surface area contributed by atoms with Gasteiger partial charge in [-0.05, 0) is 31.0 Å². The number of aliphatic carboxylic acids is 5. The molecule has 0 aromatic heterocycles. The molecular weight excluding hydrogens is 480 g/mol. The van der Waals surface area contributed by atoms with E-state index in [2.05, 4.69) is 0 Å². The molecule has 0 aliphatic rings. The van der Waals surface area contributed by atoms with Gasteiger partial charge in [-0.1, -0.05) is 12.1 Å². The summed E-state index contributed by atoms with van der Waals surface area (Å²) in [5, 5.41) is 46.4. The summed E-state index contributed by atoms with van der Waals surface area (Å²) in [6.07, 6.45) is 0.166. The van der Waals surface area contributed by atoms with Crippen LogP contribution in [0.1, 0.15) is 12.5 Å². The van der Waals surface area contributed by atoms with Crippen LogP contribution in [0.5, 0.6) is 0 Å². The Morgan fingerprint density at radius 2 is 1.11 bits per heavy atom. The molecule has 0 radical (unpaired) electrons. The fourth-order valence-corrected chi connectivity index (χ4v) is 3.79. The molecule has 1 aromatic rings. The van der Waals surface area contributed by atoms with Gasteiger partial charge in [0.05, 0.1) is 32.7 Å². The van der Waals surface area contributed by atoms with E-state index in [0.717, 1.165) is 4.90 Å². The van der Waals surface area contributed by atoms with Gasteiger partial charge in [-0.2, -0.15) is 0 Å². The molecule has 7 N–H and O–H groups in total. The third-order valence-corrected chi connectivity index (χ3v) is 5.29. The van der Waals surface area contributed by atoms with Gasteiger partial charge in [0.1, 0.15) is 0 Å². The van der Waals surface area contributed by atoms with Gasteiger partial charge in [0.25, 0.3) is 0 Å². The van der Waals surface area contributed by atoms with Crippen LogP contribution in [0.2, 0.25) is 0 Å². The van der Waals surface area contributed by atoms with Crippen molar-refractivity contribution in [2.75, 3.05) is 51.5 Å². The fraction of sp³-hybridized carbons (Fsp3) is 0.500. The molecule has 0 heterocycles. The van der Waals surface area contributed by atoms with Crippen LogP contribution in [0.3, 0.4) is 0 Å². The molecule has 0 aliphatic heterocycles. The van der Waals surface area contributed by atoms with Gasteiger partial charge in [0.2, 0.25) is 0 Å². The normalized spacial score (nSPS) is 13.0. The molecule has 0 unspecified atom stereocenters. The van der Waals surface area contributed by atoms with E-state index >= 15 is 0 Å². The van der Waals surface area contributed by atoms with Crippen molar-refractivity contribution in [3.05, 3.63) is 29.8 Å². The fourth-order valence-electron chi connectivity index (χ4n) is 3.79. The second-order valence-corrected chi connectivity index (χ2v) is 8.42. The number of carboxylic acid groups (broad SMARTS) is 5. The molecule has 36 heavy (non-hydrogen) atoms. The van der Waals surface area contributed by atoms with E-state index in [1.54, 1.807) is 31.2 Å². The molecule has 200 valence electrons. The summed E-state index contributed by atoms with van der Waals surface area (Å²) in [6.45, 7) is -1.55. The number of nitrogens with zero attached hydrogens (tertiary/aromatic N) is 3. The van der Waals surface area contributed by atoms with Crippen LogP contribution in [0.4, 0.5) is 5.69 Å². The molecule has 1 aromatic carbocycles. The van der Waals surface area contributed by atoms with Crippen molar-refractivity contribution >= 4 is 35.5 Å². The number of hydrogen-bond donors (Lipinski definition) is 6. The molecule has 0 fully saturated rings. The Balaban J connectivity index is 3.27. The van der Waals surface area contributed by atoms with Crippen LogP contribution in [-0.2, 0) is 30.4 Å². The minimum atomic E-state index is -1.27. The van der Waals surface area contributed by atoms with Gasteiger partial charge in [0.15, 0.2) is 0 Å². The van der Waals surface area contributed by atoms with Crippen molar-refractivity contribution in [2.45, 2.75) is 25.4 Å². The summed E-state index contributed by atoms with van der Waals surface area (Å²) in [4.78, 5) is 60.6. The average molecular weight is 513 g/mol. The zero-order valence-electron chi connectivity index (χ0n) is 19.8. The molecule has 0 saturated heterocycles. The molecule has 2 atom stereocenters. The van der Waals surface area contributed by atoms with Crippen LogP contribution in [0.15, 0.2) is 24.3 Å². The quantitative estimate of drug-likeness (QED) is 0.128. The number of carbonyl (C=O) groups is 5. The molecule has 14 nitrogen and oxygen atoms in total. The largest absolute Gasteiger partial charge is 0.480 e. The van der Waals surface area contributed by atoms with E-state index < -0.39 is 74.7 Å². The molecule has 0 amide bonds. The van der Waals surface area contributed by atoms with Gasteiger partial charge in [0, 0.05) is 30.9 Å². The Hall–Kier alpha value is -3.75. The number of hydrogen-bond acceptors (Lipinski definition) is 9. The highest BCUT2D eigenvalue weighted by Gasteiger charge is 2.29. The van der Waals surface area contributed by atoms with E-state index in [0.29, 0.717) is 11.3 Å². The van der Waals surface area contributed by atoms with Gasteiger partial charge in [-0.3, -0.25) is 38.7 Å². The highest BCUT2D eigenvalue weighted by Crippen LogP contribution is 2.14. The van der Waals surface area contributed by atoms with Crippen molar-refractivity contribution in [1.29, 1.82) is 0 Å². The summed E-state index contributed by atoms with van der Waals surface area (Å²) in [6, 6.07) is 5.15. The lowest BCUT2D eigenvalue weighted by molar-refractivity contribution is -0.144. The van der Waals surface area contributed by atoms with Crippen LogP contribution < -0.4 is 5.73 Å². The van der Waals surface area contributed by atoms with Crippen molar-refractivity contribution in [2.24, 2.45) is 0 Å². The van der Waals surface area contributed by atoms with Crippen LogP contribution in [0, 0.1) is 0 Å². The monoisotopic (exact) mass is 512 g/mol. The number of anilines is 1. The number of benzene rings is 1. The molecular formula is C22H32N4O10. The molecule has 1 rings (SSSR count). The number of rotatable bonds is 18.